The first-order chi connectivity index (χ1) is 9.16. The Balaban J connectivity index is 1.96. The molecule has 0 aromatic heterocycles. The van der Waals surface area contributed by atoms with E-state index >= 15 is 0 Å². The van der Waals surface area contributed by atoms with E-state index in [0.717, 1.165) is 5.56 Å². The van der Waals surface area contributed by atoms with Gasteiger partial charge in [-0.15, -0.1) is 0 Å². The largest absolute Gasteiger partial charge is 0.381 e. The van der Waals surface area contributed by atoms with Crippen LogP contribution < -0.4 is 11.1 Å². The summed E-state index contributed by atoms with van der Waals surface area (Å²) < 4.78 is 5.16. The van der Waals surface area contributed by atoms with Crippen LogP contribution in [0.15, 0.2) is 30.3 Å². The van der Waals surface area contributed by atoms with Crippen molar-refractivity contribution in [2.24, 2.45) is 11.7 Å². The van der Waals surface area contributed by atoms with Crippen LogP contribution in [0.2, 0.25) is 0 Å². The molecule has 0 saturated carbocycles. The van der Waals surface area contributed by atoms with Gasteiger partial charge in [-0.3, -0.25) is 9.59 Å². The summed E-state index contributed by atoms with van der Waals surface area (Å²) >= 11 is 0. The lowest BCUT2D eigenvalue weighted by Gasteiger charge is -2.17. The monoisotopic (exact) mass is 262 g/mol. The zero-order chi connectivity index (χ0) is 13.7. The van der Waals surface area contributed by atoms with Crippen LogP contribution in [0.4, 0.5) is 0 Å². The third-order valence-corrected chi connectivity index (χ3v) is 3.24. The second kappa shape index (κ2) is 6.33. The lowest BCUT2D eigenvalue weighted by molar-refractivity contribution is -0.129. The van der Waals surface area contributed by atoms with Gasteiger partial charge in [-0.1, -0.05) is 30.3 Å². The minimum absolute atomic E-state index is 0.155. The summed E-state index contributed by atoms with van der Waals surface area (Å²) in [4.78, 5) is 23.4. The lowest BCUT2D eigenvalue weighted by atomic mass is 10.0. The van der Waals surface area contributed by atoms with Gasteiger partial charge in [-0.25, -0.2) is 0 Å². The molecular weight excluding hydrogens is 244 g/mol. The van der Waals surface area contributed by atoms with Crippen molar-refractivity contribution in [3.05, 3.63) is 35.9 Å². The highest BCUT2D eigenvalue weighted by atomic mass is 16.5. The minimum Gasteiger partial charge on any atom is -0.381 e. The van der Waals surface area contributed by atoms with Crippen LogP contribution in [0.5, 0.6) is 0 Å². The van der Waals surface area contributed by atoms with E-state index in [1.54, 1.807) is 0 Å². The summed E-state index contributed by atoms with van der Waals surface area (Å²) in [6, 6.07) is 8.81. The Labute approximate surface area is 112 Å². The van der Waals surface area contributed by atoms with Gasteiger partial charge in [-0.2, -0.15) is 0 Å². The van der Waals surface area contributed by atoms with Crippen molar-refractivity contribution in [2.45, 2.75) is 18.9 Å². The molecule has 1 aromatic rings. The second-order valence-corrected chi connectivity index (χ2v) is 4.71. The fraction of sp³-hybridized carbons (Fsp3) is 0.429. The molecule has 0 aliphatic carbocycles. The zero-order valence-electron chi connectivity index (χ0n) is 10.7. The molecule has 1 heterocycles. The van der Waals surface area contributed by atoms with Crippen molar-refractivity contribution < 1.29 is 14.3 Å². The molecule has 2 rings (SSSR count). The molecule has 2 amide bonds. The molecule has 0 radical (unpaired) electrons. The van der Waals surface area contributed by atoms with Crippen molar-refractivity contribution in [1.29, 1.82) is 0 Å². The fourth-order valence-electron chi connectivity index (χ4n) is 2.10. The Kier molecular flexibility index (Phi) is 4.52. The van der Waals surface area contributed by atoms with Crippen molar-refractivity contribution in [2.75, 3.05) is 13.2 Å². The van der Waals surface area contributed by atoms with E-state index in [1.807, 2.05) is 30.3 Å². The van der Waals surface area contributed by atoms with Gasteiger partial charge >= 0.3 is 0 Å². The van der Waals surface area contributed by atoms with Gasteiger partial charge in [-0.05, 0) is 12.0 Å². The van der Waals surface area contributed by atoms with Crippen molar-refractivity contribution in [1.82, 2.24) is 5.32 Å². The number of primary amides is 1. The van der Waals surface area contributed by atoms with E-state index < -0.39 is 11.9 Å². The highest BCUT2D eigenvalue weighted by Crippen LogP contribution is 2.13. The average molecular weight is 262 g/mol. The Morgan fingerprint density at radius 3 is 2.68 bits per heavy atom. The van der Waals surface area contributed by atoms with Crippen LogP contribution in [0.25, 0.3) is 0 Å². The Morgan fingerprint density at radius 1 is 1.37 bits per heavy atom. The summed E-state index contributed by atoms with van der Waals surface area (Å²) in [5.74, 6) is -0.842. The number of hydrogen-bond donors (Lipinski definition) is 2. The zero-order valence-corrected chi connectivity index (χ0v) is 10.7. The molecule has 0 spiro atoms. The van der Waals surface area contributed by atoms with Gasteiger partial charge < -0.3 is 15.8 Å². The predicted octanol–water partition coefficient (Wildman–Crippen LogP) is 0.236. The van der Waals surface area contributed by atoms with Gasteiger partial charge in [0, 0.05) is 13.0 Å². The van der Waals surface area contributed by atoms with Gasteiger partial charge in [0.05, 0.1) is 12.5 Å². The third kappa shape index (κ3) is 3.79. The molecule has 0 bridgehead atoms. The van der Waals surface area contributed by atoms with Crippen molar-refractivity contribution >= 4 is 11.8 Å². The molecule has 5 nitrogen and oxygen atoms in total. The summed E-state index contributed by atoms with van der Waals surface area (Å²) in [6.07, 6.45) is 1.11. The van der Waals surface area contributed by atoms with E-state index in [-0.39, 0.29) is 11.8 Å². The van der Waals surface area contributed by atoms with Crippen LogP contribution in [-0.4, -0.2) is 31.1 Å². The van der Waals surface area contributed by atoms with Crippen molar-refractivity contribution in [3.8, 4) is 0 Å². The smallest absolute Gasteiger partial charge is 0.240 e. The molecule has 1 aliphatic rings. The third-order valence-electron chi connectivity index (χ3n) is 3.24. The maximum atomic E-state index is 12.0. The molecule has 5 heteroatoms. The van der Waals surface area contributed by atoms with E-state index in [0.29, 0.717) is 26.1 Å². The van der Waals surface area contributed by atoms with Crippen LogP contribution in [0.1, 0.15) is 12.0 Å². The Hall–Kier alpha value is -1.88. The lowest BCUT2D eigenvalue weighted by Crippen LogP contribution is -2.48. The number of benzene rings is 1. The topological polar surface area (TPSA) is 81.4 Å². The van der Waals surface area contributed by atoms with E-state index in [2.05, 4.69) is 5.32 Å². The maximum absolute atomic E-state index is 12.0. The summed E-state index contributed by atoms with van der Waals surface area (Å²) in [5, 5.41) is 2.71. The molecule has 0 unspecified atom stereocenters. The number of nitrogens with two attached hydrogens (primary N) is 1. The fourth-order valence-corrected chi connectivity index (χ4v) is 2.10. The Morgan fingerprint density at radius 2 is 2.11 bits per heavy atom. The van der Waals surface area contributed by atoms with Crippen LogP contribution >= 0.6 is 0 Å². The number of carbonyl (C=O) groups is 2. The van der Waals surface area contributed by atoms with E-state index in [1.165, 1.54) is 0 Å². The Bertz CT molecular complexity index is 441. The molecular formula is C14H18N2O3. The summed E-state index contributed by atoms with van der Waals surface area (Å²) in [7, 11) is 0. The maximum Gasteiger partial charge on any atom is 0.240 e. The number of rotatable bonds is 5. The average Bonchev–Trinajstić information content (AvgIpc) is 2.93. The predicted molar refractivity (Wildman–Crippen MR) is 70.2 cm³/mol. The molecule has 1 fully saturated rings. The SMILES string of the molecule is NC(=O)[C@H](Cc1ccccc1)NC(=O)[C@H]1CCOC1. The highest BCUT2D eigenvalue weighted by molar-refractivity contribution is 5.87. The van der Waals surface area contributed by atoms with Gasteiger partial charge in [0.2, 0.25) is 11.8 Å². The number of carbonyl (C=O) groups excluding carboxylic acids is 2. The first-order valence-electron chi connectivity index (χ1n) is 6.38. The highest BCUT2D eigenvalue weighted by Gasteiger charge is 2.27. The van der Waals surface area contributed by atoms with Crippen LogP contribution in [0, 0.1) is 5.92 Å². The molecule has 3 N–H and O–H groups in total. The number of amides is 2. The first kappa shape index (κ1) is 13.5. The van der Waals surface area contributed by atoms with Gasteiger partial charge in [0.25, 0.3) is 0 Å². The van der Waals surface area contributed by atoms with Crippen molar-refractivity contribution in [3.63, 3.8) is 0 Å². The molecule has 102 valence electrons. The first-order valence-corrected chi connectivity index (χ1v) is 6.38. The van der Waals surface area contributed by atoms with Crippen LogP contribution in [0.3, 0.4) is 0 Å². The van der Waals surface area contributed by atoms with Crippen LogP contribution in [-0.2, 0) is 20.7 Å². The summed E-state index contributed by atoms with van der Waals surface area (Å²) in [5.41, 5.74) is 6.31. The molecule has 1 saturated heterocycles. The molecule has 2 atom stereocenters. The number of ether oxygens (including phenoxy) is 1. The van der Waals surface area contributed by atoms with E-state index in [4.69, 9.17) is 10.5 Å². The van der Waals surface area contributed by atoms with Gasteiger partial charge in [0.1, 0.15) is 6.04 Å². The standard InChI is InChI=1S/C14H18N2O3/c15-13(17)12(8-10-4-2-1-3-5-10)16-14(18)11-6-7-19-9-11/h1-5,11-12H,6-9H2,(H2,15,17)(H,16,18)/t11-,12-/m0/s1. The number of nitrogens with one attached hydrogen (secondary N) is 1. The second-order valence-electron chi connectivity index (χ2n) is 4.71. The van der Waals surface area contributed by atoms with Gasteiger partial charge in [0.15, 0.2) is 0 Å². The molecule has 1 aromatic carbocycles. The number of hydrogen-bond acceptors (Lipinski definition) is 3. The van der Waals surface area contributed by atoms with E-state index in [9.17, 15) is 9.59 Å². The molecule has 19 heavy (non-hydrogen) atoms. The normalized spacial score (nSPS) is 19.9. The molecule has 1 aliphatic heterocycles. The quantitative estimate of drug-likeness (QED) is 0.797. The summed E-state index contributed by atoms with van der Waals surface area (Å²) in [6.45, 7) is 1.01. The minimum atomic E-state index is -0.671.